The molecule has 0 amide bonds. The first kappa shape index (κ1) is 14.3. The second-order valence-electron chi connectivity index (χ2n) is 4.85. The van der Waals surface area contributed by atoms with Gasteiger partial charge >= 0.3 is 5.97 Å². The van der Waals surface area contributed by atoms with Crippen molar-refractivity contribution in [3.05, 3.63) is 28.2 Å². The molecule has 5 heteroatoms. The molecule has 1 aromatic carbocycles. The van der Waals surface area contributed by atoms with E-state index in [1.807, 2.05) is 12.1 Å². The van der Waals surface area contributed by atoms with Crippen molar-refractivity contribution < 1.29 is 14.6 Å². The molecule has 0 aliphatic carbocycles. The Morgan fingerprint density at radius 2 is 2.37 bits per heavy atom. The molecule has 0 spiro atoms. The van der Waals surface area contributed by atoms with Crippen LogP contribution in [0.15, 0.2) is 22.7 Å². The Labute approximate surface area is 121 Å². The standard InChI is InChI=1S/C14H18BrNO3/c1-19-9-10-4-3-7-16(8-10)12-6-2-5-11(15)13(12)14(17)18/h2,5-6,10H,3-4,7-9H2,1H3,(H,17,18). The van der Waals surface area contributed by atoms with Crippen LogP contribution in [0.25, 0.3) is 0 Å². The van der Waals surface area contributed by atoms with Crippen molar-refractivity contribution in [2.75, 3.05) is 31.7 Å². The number of rotatable bonds is 4. The lowest BCUT2D eigenvalue weighted by Gasteiger charge is -2.35. The topological polar surface area (TPSA) is 49.8 Å². The van der Waals surface area contributed by atoms with Gasteiger partial charge < -0.3 is 14.7 Å². The molecule has 2 rings (SSSR count). The van der Waals surface area contributed by atoms with Gasteiger partial charge in [0, 0.05) is 24.7 Å². The Morgan fingerprint density at radius 1 is 1.58 bits per heavy atom. The van der Waals surface area contributed by atoms with Gasteiger partial charge in [0.15, 0.2) is 0 Å². The lowest BCUT2D eigenvalue weighted by atomic mass is 9.97. The first-order chi connectivity index (χ1) is 9.13. The number of piperidine rings is 1. The summed E-state index contributed by atoms with van der Waals surface area (Å²) in [5.74, 6) is -0.421. The van der Waals surface area contributed by atoms with E-state index in [9.17, 15) is 9.90 Å². The molecule has 0 bridgehead atoms. The number of carboxylic acid groups (broad SMARTS) is 1. The third-order valence-electron chi connectivity index (χ3n) is 3.47. The number of hydrogen-bond acceptors (Lipinski definition) is 3. The van der Waals surface area contributed by atoms with Crippen LogP contribution in [0.3, 0.4) is 0 Å². The number of nitrogens with zero attached hydrogens (tertiary/aromatic N) is 1. The summed E-state index contributed by atoms with van der Waals surface area (Å²) >= 11 is 3.33. The van der Waals surface area contributed by atoms with E-state index < -0.39 is 5.97 Å². The van der Waals surface area contributed by atoms with E-state index in [2.05, 4.69) is 20.8 Å². The van der Waals surface area contributed by atoms with Crippen LogP contribution in [0.1, 0.15) is 23.2 Å². The number of benzene rings is 1. The molecule has 1 aromatic rings. The fourth-order valence-electron chi connectivity index (χ4n) is 2.64. The lowest BCUT2D eigenvalue weighted by molar-refractivity contribution is 0.0696. The highest BCUT2D eigenvalue weighted by Gasteiger charge is 2.24. The van der Waals surface area contributed by atoms with Crippen molar-refractivity contribution >= 4 is 27.6 Å². The van der Waals surface area contributed by atoms with Gasteiger partial charge in [-0.25, -0.2) is 4.79 Å². The molecule has 104 valence electrons. The Morgan fingerprint density at radius 3 is 3.05 bits per heavy atom. The van der Waals surface area contributed by atoms with Gasteiger partial charge in [0.25, 0.3) is 0 Å². The molecule has 1 aliphatic rings. The van der Waals surface area contributed by atoms with Crippen LogP contribution >= 0.6 is 15.9 Å². The maximum absolute atomic E-state index is 11.4. The maximum atomic E-state index is 11.4. The summed E-state index contributed by atoms with van der Waals surface area (Å²) in [4.78, 5) is 13.6. The van der Waals surface area contributed by atoms with Crippen LogP contribution in [-0.2, 0) is 4.74 Å². The first-order valence-electron chi connectivity index (χ1n) is 6.39. The van der Waals surface area contributed by atoms with Crippen molar-refractivity contribution in [1.29, 1.82) is 0 Å². The van der Waals surface area contributed by atoms with Gasteiger partial charge in [0.2, 0.25) is 0 Å². The minimum atomic E-state index is -0.892. The molecule has 4 nitrogen and oxygen atoms in total. The lowest BCUT2D eigenvalue weighted by Crippen LogP contribution is -2.38. The van der Waals surface area contributed by atoms with Gasteiger partial charge in [0.05, 0.1) is 17.9 Å². The Kier molecular flexibility index (Phi) is 4.82. The molecule has 19 heavy (non-hydrogen) atoms. The predicted molar refractivity (Wildman–Crippen MR) is 77.9 cm³/mol. The fraction of sp³-hybridized carbons (Fsp3) is 0.500. The normalized spacial score (nSPS) is 19.5. The Hall–Kier alpha value is -1.07. The highest BCUT2D eigenvalue weighted by atomic mass is 79.9. The van der Waals surface area contributed by atoms with E-state index in [1.54, 1.807) is 13.2 Å². The van der Waals surface area contributed by atoms with Crippen molar-refractivity contribution in [1.82, 2.24) is 0 Å². The number of methoxy groups -OCH3 is 1. The average molecular weight is 328 g/mol. The van der Waals surface area contributed by atoms with E-state index in [4.69, 9.17) is 4.74 Å². The fourth-order valence-corrected chi connectivity index (χ4v) is 3.17. The third kappa shape index (κ3) is 3.28. The summed E-state index contributed by atoms with van der Waals surface area (Å²) in [5.41, 5.74) is 1.14. The van der Waals surface area contributed by atoms with Crippen LogP contribution in [0.5, 0.6) is 0 Å². The number of ether oxygens (including phenoxy) is 1. The van der Waals surface area contributed by atoms with Crippen molar-refractivity contribution in [3.63, 3.8) is 0 Å². The monoisotopic (exact) mass is 327 g/mol. The second kappa shape index (κ2) is 6.39. The van der Waals surface area contributed by atoms with Gasteiger partial charge in [0.1, 0.15) is 0 Å². The number of hydrogen-bond donors (Lipinski definition) is 1. The largest absolute Gasteiger partial charge is 0.478 e. The van der Waals surface area contributed by atoms with Crippen LogP contribution < -0.4 is 4.90 Å². The zero-order valence-electron chi connectivity index (χ0n) is 10.9. The third-order valence-corrected chi connectivity index (χ3v) is 4.13. The van der Waals surface area contributed by atoms with E-state index >= 15 is 0 Å². The predicted octanol–water partition coefficient (Wildman–Crippen LogP) is 3.01. The smallest absolute Gasteiger partial charge is 0.338 e. The number of carboxylic acids is 1. The summed E-state index contributed by atoms with van der Waals surface area (Å²) in [6.07, 6.45) is 2.21. The summed E-state index contributed by atoms with van der Waals surface area (Å²) in [7, 11) is 1.71. The van der Waals surface area contributed by atoms with Crippen molar-refractivity contribution in [3.8, 4) is 0 Å². The van der Waals surface area contributed by atoms with Gasteiger partial charge in [-0.15, -0.1) is 0 Å². The van der Waals surface area contributed by atoms with E-state index in [0.717, 1.165) is 38.2 Å². The molecule has 1 aliphatic heterocycles. The van der Waals surface area contributed by atoms with Crippen LogP contribution in [0, 0.1) is 5.92 Å². The van der Waals surface area contributed by atoms with Crippen LogP contribution in [0.4, 0.5) is 5.69 Å². The molecular formula is C14H18BrNO3. The molecule has 1 heterocycles. The molecule has 1 saturated heterocycles. The minimum absolute atomic E-state index is 0.348. The quantitative estimate of drug-likeness (QED) is 0.923. The van der Waals surface area contributed by atoms with E-state index in [-0.39, 0.29) is 0 Å². The molecule has 0 saturated carbocycles. The van der Waals surface area contributed by atoms with Gasteiger partial charge in [-0.05, 0) is 46.8 Å². The zero-order chi connectivity index (χ0) is 13.8. The first-order valence-corrected chi connectivity index (χ1v) is 7.18. The molecule has 1 atom stereocenters. The zero-order valence-corrected chi connectivity index (χ0v) is 12.5. The summed E-state index contributed by atoms with van der Waals surface area (Å²) in [6.45, 7) is 2.48. The molecule has 0 aromatic heterocycles. The Bertz CT molecular complexity index is 462. The van der Waals surface area contributed by atoms with Crippen molar-refractivity contribution in [2.45, 2.75) is 12.8 Å². The number of carbonyl (C=O) groups is 1. The minimum Gasteiger partial charge on any atom is -0.478 e. The number of anilines is 1. The average Bonchev–Trinajstić information content (AvgIpc) is 2.38. The molecule has 1 N–H and O–H groups in total. The summed E-state index contributed by atoms with van der Waals surface area (Å²) in [6, 6.07) is 5.53. The van der Waals surface area contributed by atoms with Crippen LogP contribution in [-0.4, -0.2) is 37.9 Å². The molecule has 1 unspecified atom stereocenters. The van der Waals surface area contributed by atoms with Gasteiger partial charge in [-0.1, -0.05) is 6.07 Å². The summed E-state index contributed by atoms with van der Waals surface area (Å²) < 4.78 is 5.85. The van der Waals surface area contributed by atoms with Crippen LogP contribution in [0.2, 0.25) is 0 Å². The van der Waals surface area contributed by atoms with Gasteiger partial charge in [-0.2, -0.15) is 0 Å². The SMILES string of the molecule is COCC1CCCN(c2cccc(Br)c2C(=O)O)C1. The number of aromatic carboxylic acids is 1. The van der Waals surface area contributed by atoms with Crippen molar-refractivity contribution in [2.24, 2.45) is 5.92 Å². The maximum Gasteiger partial charge on any atom is 0.338 e. The van der Waals surface area contributed by atoms with Gasteiger partial charge in [-0.3, -0.25) is 0 Å². The second-order valence-corrected chi connectivity index (χ2v) is 5.70. The van der Waals surface area contributed by atoms with E-state index in [0.29, 0.717) is 16.0 Å². The highest BCUT2D eigenvalue weighted by molar-refractivity contribution is 9.10. The molecule has 1 fully saturated rings. The van der Waals surface area contributed by atoms with E-state index in [1.165, 1.54) is 0 Å². The molecular weight excluding hydrogens is 310 g/mol. The highest BCUT2D eigenvalue weighted by Crippen LogP contribution is 2.31. The summed E-state index contributed by atoms with van der Waals surface area (Å²) in [5, 5.41) is 9.37. The number of halogens is 1. The molecule has 0 radical (unpaired) electrons. The Balaban J connectivity index is 2.26.